The van der Waals surface area contributed by atoms with Crippen LogP contribution in [0.15, 0.2) is 30.3 Å². The Labute approximate surface area is 148 Å². The number of benzene rings is 2. The lowest BCUT2D eigenvalue weighted by Gasteiger charge is -2.20. The lowest BCUT2D eigenvalue weighted by Crippen LogP contribution is -2.24. The van der Waals surface area contributed by atoms with Crippen LogP contribution in [0.3, 0.4) is 0 Å². The number of hydrogen-bond acceptors (Lipinski definition) is 2. The Morgan fingerprint density at radius 1 is 0.962 bits per heavy atom. The molecule has 0 aliphatic heterocycles. The van der Waals surface area contributed by atoms with Crippen LogP contribution in [0.4, 0.5) is 22.0 Å². The van der Waals surface area contributed by atoms with Gasteiger partial charge in [-0.05, 0) is 36.6 Å². The van der Waals surface area contributed by atoms with E-state index in [4.69, 9.17) is 0 Å². The van der Waals surface area contributed by atoms with Crippen molar-refractivity contribution in [1.82, 2.24) is 0 Å². The molecule has 2 aromatic carbocycles. The molecule has 26 heavy (non-hydrogen) atoms. The molecule has 0 unspecified atom stereocenters. The van der Waals surface area contributed by atoms with E-state index in [1.807, 2.05) is 6.92 Å². The van der Waals surface area contributed by atoms with Crippen molar-refractivity contribution in [2.75, 3.05) is 7.11 Å². The molecule has 142 valence electrons. The summed E-state index contributed by atoms with van der Waals surface area (Å²) in [4.78, 5) is 0. The van der Waals surface area contributed by atoms with Crippen molar-refractivity contribution in [2.24, 2.45) is 0 Å². The zero-order valence-corrected chi connectivity index (χ0v) is 14.4. The molecule has 0 bridgehead atoms. The van der Waals surface area contributed by atoms with Gasteiger partial charge in [0, 0.05) is 6.07 Å². The zero-order valence-electron chi connectivity index (χ0n) is 14.4. The van der Waals surface area contributed by atoms with Crippen LogP contribution in [0.2, 0.25) is 0 Å². The maximum Gasteiger partial charge on any atom is 0.429 e. The van der Waals surface area contributed by atoms with Crippen LogP contribution in [0.5, 0.6) is 11.5 Å². The molecule has 0 radical (unpaired) electrons. The molecule has 0 heterocycles. The lowest BCUT2D eigenvalue weighted by atomic mass is 10.1. The highest BCUT2D eigenvalue weighted by atomic mass is 19.3. The topological polar surface area (TPSA) is 18.5 Å². The molecule has 0 aliphatic rings. The van der Waals surface area contributed by atoms with Crippen LogP contribution in [0.25, 0.3) is 0 Å². The van der Waals surface area contributed by atoms with Gasteiger partial charge in [0.15, 0.2) is 11.6 Å². The van der Waals surface area contributed by atoms with Crippen LogP contribution in [-0.4, -0.2) is 7.11 Å². The fourth-order valence-corrected chi connectivity index (χ4v) is 2.48. The van der Waals surface area contributed by atoms with Crippen molar-refractivity contribution in [3.8, 4) is 11.5 Å². The molecule has 0 spiro atoms. The molecule has 2 nitrogen and oxygen atoms in total. The second kappa shape index (κ2) is 8.38. The van der Waals surface area contributed by atoms with Gasteiger partial charge in [-0.2, -0.15) is 13.2 Å². The number of alkyl halides is 2. The summed E-state index contributed by atoms with van der Waals surface area (Å²) in [7, 11) is 1.08. The molecule has 0 fully saturated rings. The maximum absolute atomic E-state index is 14.2. The zero-order chi connectivity index (χ0) is 19.3. The highest BCUT2D eigenvalue weighted by Crippen LogP contribution is 2.36. The molecular formula is C19H19F5O2. The number of halogens is 5. The quantitative estimate of drug-likeness (QED) is 0.418. The summed E-state index contributed by atoms with van der Waals surface area (Å²) in [6.07, 6.45) is -1.03. The molecule has 0 saturated heterocycles. The summed E-state index contributed by atoms with van der Waals surface area (Å²) >= 11 is 0. The summed E-state index contributed by atoms with van der Waals surface area (Å²) in [5.41, 5.74) is -0.918. The summed E-state index contributed by atoms with van der Waals surface area (Å²) < 4.78 is 78.9. The molecular weight excluding hydrogens is 355 g/mol. The van der Waals surface area contributed by atoms with Gasteiger partial charge in [0.2, 0.25) is 5.82 Å². The van der Waals surface area contributed by atoms with Gasteiger partial charge in [-0.15, -0.1) is 0 Å². The minimum absolute atomic E-state index is 0.385. The fourth-order valence-electron chi connectivity index (χ4n) is 2.48. The van der Waals surface area contributed by atoms with Gasteiger partial charge in [0.25, 0.3) is 0 Å². The van der Waals surface area contributed by atoms with E-state index in [9.17, 15) is 22.0 Å². The Hall–Kier alpha value is -2.31. The standard InChI is InChI=1S/C19H19F5O2/c1-3-4-5-6-12-7-8-13(11-15(12)20)26-19(23,24)14-9-10-16(25-2)18(22)17(14)21/h7-11H,3-6H2,1-2H3. The number of hydrogen-bond donors (Lipinski definition) is 0. The van der Waals surface area contributed by atoms with Crippen molar-refractivity contribution in [3.63, 3.8) is 0 Å². The van der Waals surface area contributed by atoms with Gasteiger partial charge >= 0.3 is 6.11 Å². The van der Waals surface area contributed by atoms with Gasteiger partial charge in [-0.3, -0.25) is 0 Å². The molecule has 0 aliphatic carbocycles. The van der Waals surface area contributed by atoms with Crippen LogP contribution in [0, 0.1) is 17.5 Å². The summed E-state index contributed by atoms with van der Waals surface area (Å²) in [6, 6.07) is 4.86. The molecule has 0 amide bonds. The van der Waals surface area contributed by atoms with E-state index < -0.39 is 40.6 Å². The van der Waals surface area contributed by atoms with Crippen molar-refractivity contribution < 1.29 is 31.4 Å². The Morgan fingerprint density at radius 2 is 1.69 bits per heavy atom. The molecule has 2 rings (SSSR count). The largest absolute Gasteiger partial charge is 0.494 e. The molecule has 2 aromatic rings. The van der Waals surface area contributed by atoms with E-state index in [-0.39, 0.29) is 0 Å². The maximum atomic E-state index is 14.2. The highest BCUT2D eigenvalue weighted by molar-refractivity contribution is 5.34. The van der Waals surface area contributed by atoms with Crippen molar-refractivity contribution in [2.45, 2.75) is 38.7 Å². The lowest BCUT2D eigenvalue weighted by molar-refractivity contribution is -0.187. The second-order valence-corrected chi connectivity index (χ2v) is 5.77. The number of unbranched alkanes of at least 4 members (excludes halogenated alkanes) is 2. The van der Waals surface area contributed by atoms with Gasteiger partial charge < -0.3 is 9.47 Å². The first-order chi connectivity index (χ1) is 12.3. The first-order valence-electron chi connectivity index (χ1n) is 8.17. The SMILES string of the molecule is CCCCCc1ccc(OC(F)(F)c2ccc(OC)c(F)c2F)cc1F. The Morgan fingerprint density at radius 3 is 2.31 bits per heavy atom. The summed E-state index contributed by atoms with van der Waals surface area (Å²) in [6.45, 7) is 2.01. The third-order valence-corrected chi connectivity index (χ3v) is 3.90. The molecule has 0 saturated carbocycles. The van der Waals surface area contributed by atoms with E-state index >= 15 is 0 Å². The van der Waals surface area contributed by atoms with Crippen molar-refractivity contribution in [1.29, 1.82) is 0 Å². The van der Waals surface area contributed by atoms with Crippen LogP contribution in [-0.2, 0) is 12.5 Å². The number of rotatable bonds is 8. The minimum atomic E-state index is -4.19. The molecule has 7 heteroatoms. The normalized spacial score (nSPS) is 11.5. The minimum Gasteiger partial charge on any atom is -0.494 e. The third-order valence-electron chi connectivity index (χ3n) is 3.90. The van der Waals surface area contributed by atoms with Crippen LogP contribution >= 0.6 is 0 Å². The van der Waals surface area contributed by atoms with Crippen molar-refractivity contribution >= 4 is 0 Å². The van der Waals surface area contributed by atoms with Crippen LogP contribution < -0.4 is 9.47 Å². The Kier molecular flexibility index (Phi) is 6.45. The van der Waals surface area contributed by atoms with Gasteiger partial charge in [-0.1, -0.05) is 25.8 Å². The second-order valence-electron chi connectivity index (χ2n) is 5.77. The predicted molar refractivity (Wildman–Crippen MR) is 87.1 cm³/mol. The average molecular weight is 374 g/mol. The Bertz CT molecular complexity index is 762. The van der Waals surface area contributed by atoms with Gasteiger partial charge in [0.1, 0.15) is 17.1 Å². The molecule has 0 atom stereocenters. The van der Waals surface area contributed by atoms with E-state index in [1.165, 1.54) is 12.1 Å². The van der Waals surface area contributed by atoms with E-state index in [1.54, 1.807) is 0 Å². The number of methoxy groups -OCH3 is 1. The molecule has 0 N–H and O–H groups in total. The fraction of sp³-hybridized carbons (Fsp3) is 0.368. The van der Waals surface area contributed by atoms with Crippen LogP contribution in [0.1, 0.15) is 37.3 Å². The van der Waals surface area contributed by atoms with E-state index in [2.05, 4.69) is 9.47 Å². The third kappa shape index (κ3) is 4.45. The highest BCUT2D eigenvalue weighted by Gasteiger charge is 2.39. The number of ether oxygens (including phenoxy) is 2. The molecule has 0 aromatic heterocycles. The first kappa shape index (κ1) is 20.0. The number of aryl methyl sites for hydroxylation is 1. The first-order valence-corrected chi connectivity index (χ1v) is 8.17. The Balaban J connectivity index is 2.21. The smallest absolute Gasteiger partial charge is 0.429 e. The predicted octanol–water partition coefficient (Wildman–Crippen LogP) is 5.97. The van der Waals surface area contributed by atoms with Gasteiger partial charge in [0.05, 0.1) is 7.11 Å². The van der Waals surface area contributed by atoms with Gasteiger partial charge in [-0.25, -0.2) is 8.78 Å². The van der Waals surface area contributed by atoms with E-state index in [0.29, 0.717) is 18.1 Å². The summed E-state index contributed by atoms with van der Waals surface area (Å²) in [5, 5.41) is 0. The monoisotopic (exact) mass is 374 g/mol. The van der Waals surface area contributed by atoms with Crippen molar-refractivity contribution in [3.05, 3.63) is 58.9 Å². The van der Waals surface area contributed by atoms with E-state index in [0.717, 1.165) is 38.5 Å². The summed E-state index contributed by atoms with van der Waals surface area (Å²) in [5.74, 6) is -5.01. The average Bonchev–Trinajstić information content (AvgIpc) is 2.58.